The molecule has 1 atom stereocenters. The highest BCUT2D eigenvalue weighted by Crippen LogP contribution is 2.23. The third kappa shape index (κ3) is 6.35. The van der Waals surface area contributed by atoms with E-state index in [2.05, 4.69) is 6.58 Å². The van der Waals surface area contributed by atoms with E-state index < -0.39 is 0 Å². The molecule has 0 aliphatic carbocycles. The third-order valence-corrected chi connectivity index (χ3v) is 4.01. The average molecular weight is 321 g/mol. The Morgan fingerprint density at radius 3 is 2.50 bits per heavy atom. The lowest BCUT2D eigenvalue weighted by atomic mass is 10.3. The molecule has 5 heteroatoms. The zero-order valence-corrected chi connectivity index (χ0v) is 14.2. The normalized spacial score (nSPS) is 11.6. The van der Waals surface area contributed by atoms with Crippen LogP contribution < -0.4 is 0 Å². The van der Waals surface area contributed by atoms with Crippen molar-refractivity contribution in [1.82, 2.24) is 4.90 Å². The molecule has 1 rings (SSSR count). The first-order valence-corrected chi connectivity index (χ1v) is 8.12. The number of esters is 1. The van der Waals surface area contributed by atoms with E-state index in [0.29, 0.717) is 13.1 Å². The van der Waals surface area contributed by atoms with Crippen LogP contribution in [-0.2, 0) is 14.3 Å². The predicted molar refractivity (Wildman–Crippen MR) is 89.8 cm³/mol. The van der Waals surface area contributed by atoms with Crippen molar-refractivity contribution in [3.63, 3.8) is 0 Å². The van der Waals surface area contributed by atoms with Crippen LogP contribution >= 0.6 is 11.8 Å². The standard InChI is InChI=1S/C17H23NO3S/c1-5-18(11-13(2)3)16(19)12-21-17(20)14(4)22-15-9-7-6-8-10-15/h6-10,14H,2,5,11-12H2,1,3-4H3. The van der Waals surface area contributed by atoms with Crippen LogP contribution in [0.4, 0.5) is 0 Å². The second-order valence-corrected chi connectivity index (χ2v) is 6.46. The molecule has 0 spiro atoms. The quantitative estimate of drug-likeness (QED) is 0.419. The lowest BCUT2D eigenvalue weighted by Crippen LogP contribution is -2.36. The van der Waals surface area contributed by atoms with Gasteiger partial charge in [-0.1, -0.05) is 30.4 Å². The van der Waals surface area contributed by atoms with Gasteiger partial charge < -0.3 is 9.64 Å². The molecule has 0 radical (unpaired) electrons. The van der Waals surface area contributed by atoms with E-state index in [4.69, 9.17) is 4.74 Å². The van der Waals surface area contributed by atoms with Gasteiger partial charge in [-0.2, -0.15) is 0 Å². The molecule has 0 fully saturated rings. The van der Waals surface area contributed by atoms with E-state index in [-0.39, 0.29) is 23.7 Å². The Kier molecular flexibility index (Phi) is 7.74. The van der Waals surface area contributed by atoms with Gasteiger partial charge in [0.25, 0.3) is 5.91 Å². The zero-order chi connectivity index (χ0) is 16.5. The maximum atomic E-state index is 12.0. The average Bonchev–Trinajstić information content (AvgIpc) is 2.50. The van der Waals surface area contributed by atoms with Gasteiger partial charge >= 0.3 is 5.97 Å². The van der Waals surface area contributed by atoms with Crippen LogP contribution in [0.25, 0.3) is 0 Å². The highest BCUT2D eigenvalue weighted by atomic mass is 32.2. The number of likely N-dealkylation sites (N-methyl/N-ethyl adjacent to an activating group) is 1. The van der Waals surface area contributed by atoms with Crippen LogP contribution in [0.1, 0.15) is 20.8 Å². The number of carbonyl (C=O) groups is 2. The summed E-state index contributed by atoms with van der Waals surface area (Å²) in [6.45, 7) is 10.1. The Morgan fingerprint density at radius 1 is 1.32 bits per heavy atom. The van der Waals surface area contributed by atoms with Gasteiger partial charge in [0.1, 0.15) is 5.25 Å². The van der Waals surface area contributed by atoms with E-state index in [9.17, 15) is 9.59 Å². The maximum absolute atomic E-state index is 12.0. The van der Waals surface area contributed by atoms with Crippen molar-refractivity contribution in [2.75, 3.05) is 19.7 Å². The molecule has 1 unspecified atom stereocenters. The summed E-state index contributed by atoms with van der Waals surface area (Å²) >= 11 is 1.41. The van der Waals surface area contributed by atoms with Gasteiger partial charge in [-0.25, -0.2) is 0 Å². The largest absolute Gasteiger partial charge is 0.455 e. The Labute approximate surface area is 136 Å². The summed E-state index contributed by atoms with van der Waals surface area (Å²) < 4.78 is 5.12. The molecule has 0 heterocycles. The van der Waals surface area contributed by atoms with Gasteiger partial charge in [0.2, 0.25) is 0 Å². The first-order chi connectivity index (χ1) is 10.4. The van der Waals surface area contributed by atoms with Crippen molar-refractivity contribution in [3.05, 3.63) is 42.5 Å². The third-order valence-electron chi connectivity index (χ3n) is 2.92. The fourth-order valence-corrected chi connectivity index (χ4v) is 2.68. The number of carbonyl (C=O) groups excluding carboxylic acids is 2. The molecule has 0 aliphatic rings. The number of rotatable bonds is 8. The minimum absolute atomic E-state index is 0.198. The monoisotopic (exact) mass is 321 g/mol. The topological polar surface area (TPSA) is 46.6 Å². The first kappa shape index (κ1) is 18.3. The first-order valence-electron chi connectivity index (χ1n) is 7.24. The molecule has 0 saturated heterocycles. The maximum Gasteiger partial charge on any atom is 0.319 e. The molecular formula is C17H23NO3S. The van der Waals surface area contributed by atoms with Crippen molar-refractivity contribution < 1.29 is 14.3 Å². The smallest absolute Gasteiger partial charge is 0.319 e. The number of hydrogen-bond donors (Lipinski definition) is 0. The second-order valence-electron chi connectivity index (χ2n) is 5.05. The minimum Gasteiger partial charge on any atom is -0.455 e. The van der Waals surface area contributed by atoms with Gasteiger partial charge in [-0.05, 0) is 32.9 Å². The number of ether oxygens (including phenoxy) is 1. The molecule has 1 amide bonds. The van der Waals surface area contributed by atoms with Crippen LogP contribution in [-0.4, -0.2) is 41.7 Å². The lowest BCUT2D eigenvalue weighted by molar-refractivity contribution is -0.151. The molecule has 4 nitrogen and oxygen atoms in total. The lowest BCUT2D eigenvalue weighted by Gasteiger charge is -2.21. The summed E-state index contributed by atoms with van der Waals surface area (Å²) in [6.07, 6.45) is 0. The number of benzene rings is 1. The van der Waals surface area contributed by atoms with Crippen LogP contribution in [0.2, 0.25) is 0 Å². The number of amides is 1. The fourth-order valence-electron chi connectivity index (χ4n) is 1.79. The van der Waals surface area contributed by atoms with Crippen LogP contribution in [0.3, 0.4) is 0 Å². The van der Waals surface area contributed by atoms with Crippen LogP contribution in [0, 0.1) is 0 Å². The second kappa shape index (κ2) is 9.30. The van der Waals surface area contributed by atoms with Crippen molar-refractivity contribution in [1.29, 1.82) is 0 Å². The van der Waals surface area contributed by atoms with Gasteiger partial charge in [-0.3, -0.25) is 9.59 Å². The summed E-state index contributed by atoms with van der Waals surface area (Å²) in [5.74, 6) is -0.579. The van der Waals surface area contributed by atoms with E-state index in [1.165, 1.54) is 11.8 Å². The molecule has 0 bridgehead atoms. The van der Waals surface area contributed by atoms with Crippen molar-refractivity contribution in [2.24, 2.45) is 0 Å². The molecule has 1 aromatic rings. The number of thioether (sulfide) groups is 1. The predicted octanol–water partition coefficient (Wildman–Crippen LogP) is 3.14. The molecule has 0 saturated carbocycles. The van der Waals surface area contributed by atoms with E-state index >= 15 is 0 Å². The van der Waals surface area contributed by atoms with Gasteiger partial charge in [0.05, 0.1) is 0 Å². The van der Waals surface area contributed by atoms with Gasteiger partial charge in [-0.15, -0.1) is 11.8 Å². The highest BCUT2D eigenvalue weighted by molar-refractivity contribution is 8.00. The molecule has 0 N–H and O–H groups in total. The van der Waals surface area contributed by atoms with Crippen LogP contribution in [0.5, 0.6) is 0 Å². The summed E-state index contributed by atoms with van der Waals surface area (Å²) in [4.78, 5) is 26.6. The SMILES string of the molecule is C=C(C)CN(CC)C(=O)COC(=O)C(C)Sc1ccccc1. The van der Waals surface area contributed by atoms with E-state index in [1.54, 1.807) is 11.8 Å². The molecule has 22 heavy (non-hydrogen) atoms. The highest BCUT2D eigenvalue weighted by Gasteiger charge is 2.19. The summed E-state index contributed by atoms with van der Waals surface area (Å²) in [5.41, 5.74) is 0.898. The van der Waals surface area contributed by atoms with Crippen molar-refractivity contribution in [3.8, 4) is 0 Å². The number of nitrogens with zero attached hydrogens (tertiary/aromatic N) is 1. The van der Waals surface area contributed by atoms with E-state index in [1.807, 2.05) is 44.2 Å². The zero-order valence-electron chi connectivity index (χ0n) is 13.4. The van der Waals surface area contributed by atoms with Crippen molar-refractivity contribution >= 4 is 23.6 Å². The summed E-state index contributed by atoms with van der Waals surface area (Å²) in [5, 5.41) is -0.355. The number of hydrogen-bond acceptors (Lipinski definition) is 4. The molecule has 0 aromatic heterocycles. The van der Waals surface area contributed by atoms with Gasteiger partial charge in [0, 0.05) is 18.0 Å². The van der Waals surface area contributed by atoms with E-state index in [0.717, 1.165) is 10.5 Å². The Morgan fingerprint density at radius 2 is 1.95 bits per heavy atom. The van der Waals surface area contributed by atoms with Gasteiger partial charge in [0.15, 0.2) is 6.61 Å². The molecular weight excluding hydrogens is 298 g/mol. The molecule has 120 valence electrons. The summed E-state index contributed by atoms with van der Waals surface area (Å²) in [6, 6.07) is 9.63. The van der Waals surface area contributed by atoms with Crippen molar-refractivity contribution in [2.45, 2.75) is 30.9 Å². The Balaban J connectivity index is 2.44. The summed E-state index contributed by atoms with van der Waals surface area (Å²) in [7, 11) is 0. The Hall–Kier alpha value is -1.75. The Bertz CT molecular complexity index is 516. The molecule has 1 aromatic carbocycles. The fraction of sp³-hybridized carbons (Fsp3) is 0.412. The minimum atomic E-state index is -0.381. The van der Waals surface area contributed by atoms with Crippen LogP contribution in [0.15, 0.2) is 47.4 Å². The molecule has 0 aliphatic heterocycles.